The average Bonchev–Trinajstić information content (AvgIpc) is 2.62. The lowest BCUT2D eigenvalue weighted by molar-refractivity contribution is -0.136. The van der Waals surface area contributed by atoms with Crippen molar-refractivity contribution in [2.75, 3.05) is 12.0 Å². The highest BCUT2D eigenvalue weighted by Crippen LogP contribution is 2.34. The fraction of sp³-hybridized carbons (Fsp3) is 0.158. The molecule has 4 nitrogen and oxygen atoms in total. The molecule has 0 saturated heterocycles. The van der Waals surface area contributed by atoms with E-state index in [1.807, 2.05) is 0 Å². The number of carbonyl (C=O) groups excluding carboxylic acids is 1. The number of halogens is 2. The Labute approximate surface area is 155 Å². The summed E-state index contributed by atoms with van der Waals surface area (Å²) in [6, 6.07) is 11.0. The Morgan fingerprint density at radius 3 is 2.46 bits per heavy atom. The van der Waals surface area contributed by atoms with Crippen LogP contribution in [0.15, 0.2) is 59.8 Å². The van der Waals surface area contributed by atoms with Gasteiger partial charge in [-0.05, 0) is 61.1 Å². The predicted octanol–water partition coefficient (Wildman–Crippen LogP) is 3.85. The minimum Gasteiger partial charge on any atom is -0.466 e. The van der Waals surface area contributed by atoms with Gasteiger partial charge < -0.3 is 10.1 Å². The van der Waals surface area contributed by atoms with Gasteiger partial charge in [0.25, 0.3) is 0 Å². The van der Waals surface area contributed by atoms with Crippen molar-refractivity contribution in [3.63, 3.8) is 0 Å². The summed E-state index contributed by atoms with van der Waals surface area (Å²) in [6.07, 6.45) is 0. The highest BCUT2D eigenvalue weighted by Gasteiger charge is 2.35. The highest BCUT2D eigenvalue weighted by molar-refractivity contribution is 7.80. The number of hydrogen-bond acceptors (Lipinski definition) is 3. The Hall–Kier alpha value is -2.80. The molecule has 0 aliphatic carbocycles. The first kappa shape index (κ1) is 18.0. The van der Waals surface area contributed by atoms with Crippen LogP contribution < -0.4 is 10.2 Å². The molecule has 0 fully saturated rings. The SMILES string of the molecule is COC(=O)C1=C(C)N(c2ccc(F)cc2)C(=S)N[C@@H]1c1cccc(F)c1. The van der Waals surface area contributed by atoms with E-state index >= 15 is 0 Å². The van der Waals surface area contributed by atoms with E-state index in [4.69, 9.17) is 17.0 Å². The fourth-order valence-electron chi connectivity index (χ4n) is 2.95. The number of rotatable bonds is 3. The summed E-state index contributed by atoms with van der Waals surface area (Å²) in [5, 5.41) is 3.37. The van der Waals surface area contributed by atoms with Crippen LogP contribution in [0.1, 0.15) is 18.5 Å². The second kappa shape index (κ2) is 7.21. The van der Waals surface area contributed by atoms with Crippen molar-refractivity contribution >= 4 is 29.0 Å². The van der Waals surface area contributed by atoms with Crippen LogP contribution in [0.25, 0.3) is 0 Å². The number of anilines is 1. The van der Waals surface area contributed by atoms with E-state index in [0.29, 0.717) is 27.6 Å². The van der Waals surface area contributed by atoms with Crippen molar-refractivity contribution < 1.29 is 18.3 Å². The van der Waals surface area contributed by atoms with Crippen LogP contribution in [0.2, 0.25) is 0 Å². The number of hydrogen-bond donors (Lipinski definition) is 1. The van der Waals surface area contributed by atoms with Crippen molar-refractivity contribution in [2.24, 2.45) is 0 Å². The monoisotopic (exact) mass is 374 g/mol. The third-order valence-corrected chi connectivity index (χ3v) is 4.46. The summed E-state index contributed by atoms with van der Waals surface area (Å²) in [5.41, 5.74) is 1.98. The molecule has 1 aliphatic heterocycles. The van der Waals surface area contributed by atoms with Crippen molar-refractivity contribution in [1.82, 2.24) is 5.32 Å². The lowest BCUT2D eigenvalue weighted by Crippen LogP contribution is -2.48. The molecule has 2 aromatic rings. The van der Waals surface area contributed by atoms with Gasteiger partial charge in [0.1, 0.15) is 11.6 Å². The van der Waals surface area contributed by atoms with Gasteiger partial charge in [0, 0.05) is 11.4 Å². The molecule has 1 N–H and O–H groups in total. The zero-order chi connectivity index (χ0) is 18.8. The van der Waals surface area contributed by atoms with Gasteiger partial charge in [0.2, 0.25) is 0 Å². The molecule has 1 atom stereocenters. The Morgan fingerprint density at radius 1 is 1.15 bits per heavy atom. The number of esters is 1. The summed E-state index contributed by atoms with van der Waals surface area (Å²) in [5.74, 6) is -1.35. The zero-order valence-electron chi connectivity index (χ0n) is 14.1. The minimum absolute atomic E-state index is 0.302. The molecule has 0 amide bonds. The highest BCUT2D eigenvalue weighted by atomic mass is 32.1. The molecule has 0 aromatic heterocycles. The van der Waals surface area contributed by atoms with E-state index in [-0.39, 0.29) is 5.82 Å². The van der Waals surface area contributed by atoms with E-state index in [1.165, 1.54) is 31.4 Å². The van der Waals surface area contributed by atoms with Crippen molar-refractivity contribution in [2.45, 2.75) is 13.0 Å². The van der Waals surface area contributed by atoms with Gasteiger partial charge in [-0.3, -0.25) is 4.90 Å². The molecule has 0 radical (unpaired) electrons. The van der Waals surface area contributed by atoms with Gasteiger partial charge >= 0.3 is 5.97 Å². The number of carbonyl (C=O) groups is 1. The van der Waals surface area contributed by atoms with Gasteiger partial charge in [0.15, 0.2) is 5.11 Å². The molecular formula is C19H16F2N2O2S. The van der Waals surface area contributed by atoms with Gasteiger partial charge in [-0.25, -0.2) is 13.6 Å². The summed E-state index contributed by atoms with van der Waals surface area (Å²) < 4.78 is 31.8. The van der Waals surface area contributed by atoms with E-state index in [1.54, 1.807) is 36.1 Å². The molecule has 7 heteroatoms. The van der Waals surface area contributed by atoms with E-state index in [9.17, 15) is 13.6 Å². The Bertz CT molecular complexity index is 897. The average molecular weight is 374 g/mol. The molecule has 26 heavy (non-hydrogen) atoms. The van der Waals surface area contributed by atoms with E-state index < -0.39 is 17.8 Å². The number of nitrogens with zero attached hydrogens (tertiary/aromatic N) is 1. The molecule has 0 spiro atoms. The summed E-state index contributed by atoms with van der Waals surface area (Å²) in [6.45, 7) is 1.72. The number of benzene rings is 2. The maximum Gasteiger partial charge on any atom is 0.337 e. The Kier molecular flexibility index (Phi) is 4.99. The quantitative estimate of drug-likeness (QED) is 0.653. The number of allylic oxidation sites excluding steroid dienone is 1. The topological polar surface area (TPSA) is 41.6 Å². The normalized spacial score (nSPS) is 17.2. The van der Waals surface area contributed by atoms with Crippen LogP contribution in [0.5, 0.6) is 0 Å². The second-order valence-corrected chi connectivity index (χ2v) is 6.13. The molecule has 134 valence electrons. The molecule has 0 unspecified atom stereocenters. The first-order valence-corrected chi connectivity index (χ1v) is 8.24. The molecule has 3 rings (SSSR count). The predicted molar refractivity (Wildman–Crippen MR) is 98.5 cm³/mol. The fourth-order valence-corrected chi connectivity index (χ4v) is 3.31. The zero-order valence-corrected chi connectivity index (χ0v) is 14.9. The standard InChI is InChI=1S/C19H16F2N2O2S/c1-11-16(18(24)25-2)17(12-4-3-5-14(21)10-12)22-19(26)23(11)15-8-6-13(20)7-9-15/h3-10,17H,1-2H3,(H,22,26)/t17-/m1/s1. The van der Waals surface area contributed by atoms with E-state index in [0.717, 1.165) is 0 Å². The maximum atomic E-state index is 13.7. The van der Waals surface area contributed by atoms with Gasteiger partial charge in [0.05, 0.1) is 18.7 Å². The number of nitrogens with one attached hydrogen (secondary N) is 1. The number of methoxy groups -OCH3 is 1. The molecule has 0 bridgehead atoms. The maximum absolute atomic E-state index is 13.7. The molecule has 1 heterocycles. The van der Waals surface area contributed by atoms with Crippen LogP contribution in [0.4, 0.5) is 14.5 Å². The van der Waals surface area contributed by atoms with Gasteiger partial charge in [-0.2, -0.15) is 0 Å². The largest absolute Gasteiger partial charge is 0.466 e. The summed E-state index contributed by atoms with van der Waals surface area (Å²) in [7, 11) is 1.28. The first-order chi connectivity index (χ1) is 12.4. The van der Waals surface area contributed by atoms with Crippen LogP contribution >= 0.6 is 12.2 Å². The van der Waals surface area contributed by atoms with Crippen LogP contribution in [0.3, 0.4) is 0 Å². The van der Waals surface area contributed by atoms with Crippen molar-refractivity contribution in [3.05, 3.63) is 77.0 Å². The van der Waals surface area contributed by atoms with Gasteiger partial charge in [-0.15, -0.1) is 0 Å². The molecule has 1 aliphatic rings. The molecule has 0 saturated carbocycles. The van der Waals surface area contributed by atoms with E-state index in [2.05, 4.69) is 5.32 Å². The first-order valence-electron chi connectivity index (χ1n) is 7.83. The minimum atomic E-state index is -0.651. The third-order valence-electron chi connectivity index (χ3n) is 4.16. The smallest absolute Gasteiger partial charge is 0.337 e. The van der Waals surface area contributed by atoms with Gasteiger partial charge in [-0.1, -0.05) is 12.1 Å². The molecule has 2 aromatic carbocycles. The summed E-state index contributed by atoms with van der Waals surface area (Å²) >= 11 is 5.45. The van der Waals surface area contributed by atoms with Crippen molar-refractivity contribution in [1.29, 1.82) is 0 Å². The van der Waals surface area contributed by atoms with Crippen LogP contribution in [-0.2, 0) is 9.53 Å². The summed E-state index contributed by atoms with van der Waals surface area (Å²) in [4.78, 5) is 14.1. The Morgan fingerprint density at radius 2 is 1.85 bits per heavy atom. The molecular weight excluding hydrogens is 358 g/mol. The van der Waals surface area contributed by atoms with Crippen LogP contribution in [0, 0.1) is 11.6 Å². The Balaban J connectivity index is 2.13. The number of ether oxygens (including phenoxy) is 1. The second-order valence-electron chi connectivity index (χ2n) is 5.74. The lowest BCUT2D eigenvalue weighted by atomic mass is 9.94. The lowest BCUT2D eigenvalue weighted by Gasteiger charge is -2.37. The van der Waals surface area contributed by atoms with Crippen molar-refractivity contribution in [3.8, 4) is 0 Å². The number of thiocarbonyl (C=S) groups is 1. The van der Waals surface area contributed by atoms with Crippen LogP contribution in [-0.4, -0.2) is 18.2 Å². The third kappa shape index (κ3) is 3.30.